The molecule has 0 aliphatic heterocycles. The standard InChI is InChI=1S/C11H20F3N3O3/c1-8(2)17(5-3-9(15)16-19)10(18)4-6-20-7-11(12,13)14/h8,19H,3-7H2,1-2H3,(H2,15,16). The van der Waals surface area contributed by atoms with Gasteiger partial charge in [0.15, 0.2) is 0 Å². The molecule has 0 aromatic carbocycles. The van der Waals surface area contributed by atoms with Crippen LogP contribution in [-0.4, -0.2) is 53.8 Å². The predicted octanol–water partition coefficient (Wildman–Crippen LogP) is 1.33. The van der Waals surface area contributed by atoms with Crippen LogP contribution in [0.5, 0.6) is 0 Å². The van der Waals surface area contributed by atoms with Crippen molar-refractivity contribution in [2.45, 2.75) is 38.9 Å². The molecule has 0 saturated carbocycles. The molecule has 0 fully saturated rings. The third-order valence-electron chi connectivity index (χ3n) is 2.41. The van der Waals surface area contributed by atoms with Crippen LogP contribution in [0.25, 0.3) is 0 Å². The van der Waals surface area contributed by atoms with E-state index in [1.165, 1.54) is 4.90 Å². The predicted molar refractivity (Wildman–Crippen MR) is 66.4 cm³/mol. The SMILES string of the molecule is CC(C)N(CCC(N)=NO)C(=O)CCOCC(F)(F)F. The van der Waals surface area contributed by atoms with Crippen LogP contribution in [0, 0.1) is 0 Å². The zero-order valence-corrected chi connectivity index (χ0v) is 11.5. The maximum absolute atomic E-state index is 11.8. The summed E-state index contributed by atoms with van der Waals surface area (Å²) >= 11 is 0. The summed E-state index contributed by atoms with van der Waals surface area (Å²) in [5, 5.41) is 11.2. The number of halogens is 3. The highest BCUT2D eigenvalue weighted by Crippen LogP contribution is 2.14. The summed E-state index contributed by atoms with van der Waals surface area (Å²) in [5.41, 5.74) is 5.30. The molecule has 0 spiro atoms. The number of nitrogens with two attached hydrogens (primary N) is 1. The average Bonchev–Trinajstić information content (AvgIpc) is 2.33. The second-order valence-corrected chi connectivity index (χ2v) is 4.44. The molecule has 0 rings (SSSR count). The first-order valence-corrected chi connectivity index (χ1v) is 6.07. The number of amides is 1. The topological polar surface area (TPSA) is 88.1 Å². The molecule has 6 nitrogen and oxygen atoms in total. The Kier molecular flexibility index (Phi) is 7.97. The van der Waals surface area contributed by atoms with Crippen molar-refractivity contribution in [1.29, 1.82) is 0 Å². The van der Waals surface area contributed by atoms with E-state index in [-0.39, 0.29) is 43.8 Å². The number of carbonyl (C=O) groups excluding carboxylic acids is 1. The molecular formula is C11H20F3N3O3. The van der Waals surface area contributed by atoms with Gasteiger partial charge < -0.3 is 20.6 Å². The smallest absolute Gasteiger partial charge is 0.409 e. The third-order valence-corrected chi connectivity index (χ3v) is 2.41. The van der Waals surface area contributed by atoms with Gasteiger partial charge in [-0.1, -0.05) is 5.16 Å². The highest BCUT2D eigenvalue weighted by molar-refractivity contribution is 5.81. The van der Waals surface area contributed by atoms with Gasteiger partial charge in [-0.15, -0.1) is 0 Å². The quantitative estimate of drug-likeness (QED) is 0.233. The van der Waals surface area contributed by atoms with E-state index in [0.717, 1.165) is 0 Å². The lowest BCUT2D eigenvalue weighted by Gasteiger charge is -2.26. The zero-order valence-electron chi connectivity index (χ0n) is 11.5. The Morgan fingerprint density at radius 2 is 2.00 bits per heavy atom. The minimum absolute atomic E-state index is 0.0169. The molecule has 0 bridgehead atoms. The van der Waals surface area contributed by atoms with Gasteiger partial charge in [-0.2, -0.15) is 13.2 Å². The highest BCUT2D eigenvalue weighted by atomic mass is 19.4. The van der Waals surface area contributed by atoms with Crippen molar-refractivity contribution < 1.29 is 27.9 Å². The summed E-state index contributed by atoms with van der Waals surface area (Å²) in [6.07, 6.45) is -4.36. The molecule has 9 heteroatoms. The number of hydrogen-bond donors (Lipinski definition) is 2. The van der Waals surface area contributed by atoms with Crippen molar-refractivity contribution in [2.75, 3.05) is 19.8 Å². The average molecular weight is 299 g/mol. The van der Waals surface area contributed by atoms with E-state index >= 15 is 0 Å². The normalized spacial score (nSPS) is 12.8. The van der Waals surface area contributed by atoms with Crippen molar-refractivity contribution >= 4 is 11.7 Å². The summed E-state index contributed by atoms with van der Waals surface area (Å²) in [6, 6.07) is -0.142. The summed E-state index contributed by atoms with van der Waals surface area (Å²) in [7, 11) is 0. The zero-order chi connectivity index (χ0) is 15.8. The van der Waals surface area contributed by atoms with Gasteiger partial charge in [0.2, 0.25) is 5.91 Å². The van der Waals surface area contributed by atoms with Crippen LogP contribution in [0.15, 0.2) is 5.16 Å². The maximum Gasteiger partial charge on any atom is 0.411 e. The number of ether oxygens (including phenoxy) is 1. The number of nitrogens with zero attached hydrogens (tertiary/aromatic N) is 2. The van der Waals surface area contributed by atoms with Gasteiger partial charge in [0.1, 0.15) is 12.4 Å². The fourth-order valence-electron chi connectivity index (χ4n) is 1.45. The largest absolute Gasteiger partial charge is 0.411 e. The number of hydrogen-bond acceptors (Lipinski definition) is 4. The first kappa shape index (κ1) is 18.5. The summed E-state index contributed by atoms with van der Waals surface area (Å²) in [5.74, 6) is -0.357. The van der Waals surface area contributed by atoms with E-state index in [2.05, 4.69) is 9.89 Å². The Hall–Kier alpha value is -1.51. The minimum Gasteiger partial charge on any atom is -0.409 e. The van der Waals surface area contributed by atoms with Crippen LogP contribution in [0.4, 0.5) is 13.2 Å². The van der Waals surface area contributed by atoms with Crippen molar-refractivity contribution in [1.82, 2.24) is 4.90 Å². The lowest BCUT2D eigenvalue weighted by molar-refractivity contribution is -0.175. The van der Waals surface area contributed by atoms with Gasteiger partial charge in [0.25, 0.3) is 0 Å². The highest BCUT2D eigenvalue weighted by Gasteiger charge is 2.27. The Balaban J connectivity index is 4.17. The van der Waals surface area contributed by atoms with E-state index in [1.54, 1.807) is 13.8 Å². The molecule has 0 saturated heterocycles. The second-order valence-electron chi connectivity index (χ2n) is 4.44. The van der Waals surface area contributed by atoms with Gasteiger partial charge in [0.05, 0.1) is 13.0 Å². The monoisotopic (exact) mass is 299 g/mol. The van der Waals surface area contributed by atoms with Crippen molar-refractivity contribution in [2.24, 2.45) is 10.9 Å². The van der Waals surface area contributed by atoms with E-state index in [4.69, 9.17) is 10.9 Å². The lowest BCUT2D eigenvalue weighted by Crippen LogP contribution is -2.39. The van der Waals surface area contributed by atoms with Gasteiger partial charge in [-0.25, -0.2) is 0 Å². The van der Waals surface area contributed by atoms with E-state index in [9.17, 15) is 18.0 Å². The molecule has 3 N–H and O–H groups in total. The molecular weight excluding hydrogens is 279 g/mol. The molecule has 0 aromatic heterocycles. The Morgan fingerprint density at radius 1 is 1.40 bits per heavy atom. The van der Waals surface area contributed by atoms with E-state index in [1.807, 2.05) is 0 Å². The first-order chi connectivity index (χ1) is 9.17. The molecule has 118 valence electrons. The van der Waals surface area contributed by atoms with Crippen LogP contribution >= 0.6 is 0 Å². The Bertz CT molecular complexity index is 333. The van der Waals surface area contributed by atoms with Crippen LogP contribution in [0.1, 0.15) is 26.7 Å². The summed E-state index contributed by atoms with van der Waals surface area (Å²) in [4.78, 5) is 13.3. The maximum atomic E-state index is 11.8. The van der Waals surface area contributed by atoms with Gasteiger partial charge in [0, 0.05) is 19.0 Å². The van der Waals surface area contributed by atoms with E-state index < -0.39 is 12.8 Å². The minimum atomic E-state index is -4.40. The molecule has 0 atom stereocenters. The fourth-order valence-corrected chi connectivity index (χ4v) is 1.45. The van der Waals surface area contributed by atoms with Crippen LogP contribution < -0.4 is 5.73 Å². The third kappa shape index (κ3) is 8.57. The first-order valence-electron chi connectivity index (χ1n) is 6.07. The lowest BCUT2D eigenvalue weighted by atomic mass is 10.2. The number of alkyl halides is 3. The van der Waals surface area contributed by atoms with E-state index in [0.29, 0.717) is 0 Å². The summed E-state index contributed by atoms with van der Waals surface area (Å²) < 4.78 is 39.9. The van der Waals surface area contributed by atoms with Crippen LogP contribution in [0.2, 0.25) is 0 Å². The molecule has 0 aliphatic carbocycles. The van der Waals surface area contributed by atoms with Crippen molar-refractivity contribution in [3.63, 3.8) is 0 Å². The molecule has 1 amide bonds. The molecule has 20 heavy (non-hydrogen) atoms. The number of rotatable bonds is 8. The fraction of sp³-hybridized carbons (Fsp3) is 0.818. The van der Waals surface area contributed by atoms with Gasteiger partial charge >= 0.3 is 6.18 Å². The van der Waals surface area contributed by atoms with Crippen molar-refractivity contribution in [3.8, 4) is 0 Å². The van der Waals surface area contributed by atoms with Crippen LogP contribution in [-0.2, 0) is 9.53 Å². The Labute approximate surface area is 115 Å². The number of oxime groups is 1. The number of amidine groups is 1. The Morgan fingerprint density at radius 3 is 2.45 bits per heavy atom. The molecule has 0 radical (unpaired) electrons. The molecule has 0 aliphatic rings. The van der Waals surface area contributed by atoms with Crippen molar-refractivity contribution in [3.05, 3.63) is 0 Å². The molecule has 0 heterocycles. The van der Waals surface area contributed by atoms with Gasteiger partial charge in [-0.3, -0.25) is 4.79 Å². The van der Waals surface area contributed by atoms with Gasteiger partial charge in [-0.05, 0) is 13.8 Å². The van der Waals surface area contributed by atoms with Crippen LogP contribution in [0.3, 0.4) is 0 Å². The number of carbonyl (C=O) groups is 1. The second kappa shape index (κ2) is 8.62. The molecule has 0 unspecified atom stereocenters. The summed E-state index contributed by atoms with van der Waals surface area (Å²) in [6.45, 7) is 2.09. The molecule has 0 aromatic rings.